The first-order valence-electron chi connectivity index (χ1n) is 13.1. The first-order valence-corrected chi connectivity index (χ1v) is 13.7. The molecule has 6 nitrogen and oxygen atoms in total. The Hall–Kier alpha value is -2.57. The van der Waals surface area contributed by atoms with E-state index in [1.54, 1.807) is 15.9 Å². The molecule has 2 amide bonds. The van der Waals surface area contributed by atoms with E-state index in [-0.39, 0.29) is 30.6 Å². The lowest BCUT2D eigenvalue weighted by Gasteiger charge is -2.41. The van der Waals surface area contributed by atoms with E-state index in [2.05, 4.69) is 14.1 Å². The molecule has 0 bridgehead atoms. The lowest BCUT2D eigenvalue weighted by Crippen LogP contribution is -2.51. The first-order chi connectivity index (χ1) is 17.7. The molecule has 9 heteroatoms. The zero-order valence-corrected chi connectivity index (χ0v) is 22.9. The molecule has 0 aromatic heterocycles. The van der Waals surface area contributed by atoms with Gasteiger partial charge in [0.25, 0.3) is 0 Å². The van der Waals surface area contributed by atoms with Crippen molar-refractivity contribution in [3.63, 3.8) is 0 Å². The number of halogens is 2. The molecule has 2 saturated heterocycles. The Morgan fingerprint density at radius 3 is 2.27 bits per heavy atom. The number of alkyl halides is 1. The molecule has 2 heterocycles. The molecule has 200 valence electrons. The maximum absolute atomic E-state index is 15.1. The van der Waals surface area contributed by atoms with Crippen LogP contribution in [0.15, 0.2) is 48.5 Å². The summed E-state index contributed by atoms with van der Waals surface area (Å²) < 4.78 is 29.6. The normalized spacial score (nSPS) is 21.2. The molecule has 3 unspecified atom stereocenters. The number of hydrogen-bond donors (Lipinski definition) is 0. The van der Waals surface area contributed by atoms with Gasteiger partial charge in [0, 0.05) is 52.2 Å². The van der Waals surface area contributed by atoms with Crippen LogP contribution in [-0.2, 0) is 16.0 Å². The average Bonchev–Trinajstić information content (AvgIpc) is 3.26. The van der Waals surface area contributed by atoms with Crippen LogP contribution in [0.5, 0.6) is 0 Å². The van der Waals surface area contributed by atoms with Crippen LogP contribution in [0.25, 0.3) is 0 Å². The Kier molecular flexibility index (Phi) is 8.81. The minimum atomic E-state index is -1.44. The third-order valence-electron chi connectivity index (χ3n) is 7.42. The van der Waals surface area contributed by atoms with Gasteiger partial charge in [0.2, 0.25) is 11.8 Å². The third-order valence-corrected chi connectivity index (χ3v) is 7.89. The summed E-state index contributed by atoms with van der Waals surface area (Å²) in [5, 5.41) is -1.44. The van der Waals surface area contributed by atoms with E-state index < -0.39 is 11.5 Å². The lowest BCUT2D eigenvalue weighted by molar-refractivity contribution is -0.136. The minimum absolute atomic E-state index is 0.00736. The quantitative estimate of drug-likeness (QED) is 0.487. The standard InChI is InChI=1S/C28H37F2N4O2P/c1-3-31(4-2)25(35)19-21-10-11-24(23(29)18-21)32-14-16-33(17-15-32)26(22-8-6-5-7-9-22)27(36)34-13-12-28(30,37)20-34/h5-11,18,26H,3-4,12-17,19-20,37H2,1-2H3. The van der Waals surface area contributed by atoms with Gasteiger partial charge in [0.05, 0.1) is 18.7 Å². The highest BCUT2D eigenvalue weighted by Gasteiger charge is 2.41. The molecule has 0 spiro atoms. The maximum Gasteiger partial charge on any atom is 0.244 e. The fraction of sp³-hybridized carbons (Fsp3) is 0.500. The smallest absolute Gasteiger partial charge is 0.244 e. The molecule has 2 fully saturated rings. The summed E-state index contributed by atoms with van der Waals surface area (Å²) in [6, 6.07) is 14.1. The van der Waals surface area contributed by atoms with Crippen LogP contribution in [0.3, 0.4) is 0 Å². The molecule has 2 aromatic rings. The predicted molar refractivity (Wildman–Crippen MR) is 146 cm³/mol. The predicted octanol–water partition coefficient (Wildman–Crippen LogP) is 3.87. The van der Waals surface area contributed by atoms with Gasteiger partial charge in [0.1, 0.15) is 17.3 Å². The van der Waals surface area contributed by atoms with Gasteiger partial charge in [-0.2, -0.15) is 0 Å². The van der Waals surface area contributed by atoms with Crippen molar-refractivity contribution in [2.75, 3.05) is 57.3 Å². The fourth-order valence-electron chi connectivity index (χ4n) is 5.30. The summed E-state index contributed by atoms with van der Waals surface area (Å²) in [6.07, 6.45) is 0.495. The molecular formula is C28H37F2N4O2P. The van der Waals surface area contributed by atoms with Crippen molar-refractivity contribution < 1.29 is 18.4 Å². The number of rotatable bonds is 8. The van der Waals surface area contributed by atoms with Crippen LogP contribution in [0.1, 0.15) is 37.4 Å². The molecule has 0 saturated carbocycles. The van der Waals surface area contributed by atoms with E-state index in [1.807, 2.05) is 55.1 Å². The summed E-state index contributed by atoms with van der Waals surface area (Å²) in [5.41, 5.74) is 2.05. The Labute approximate surface area is 220 Å². The Balaban J connectivity index is 1.44. The topological polar surface area (TPSA) is 47.1 Å². The highest BCUT2D eigenvalue weighted by atomic mass is 31.0. The summed E-state index contributed by atoms with van der Waals surface area (Å²) in [4.78, 5) is 33.4. The van der Waals surface area contributed by atoms with Crippen molar-refractivity contribution in [2.45, 2.75) is 38.1 Å². The van der Waals surface area contributed by atoms with Crippen molar-refractivity contribution >= 4 is 26.7 Å². The molecule has 2 aromatic carbocycles. The van der Waals surface area contributed by atoms with Crippen LogP contribution in [0, 0.1) is 5.82 Å². The van der Waals surface area contributed by atoms with Gasteiger partial charge in [-0.15, -0.1) is 0 Å². The van der Waals surface area contributed by atoms with Gasteiger partial charge in [-0.3, -0.25) is 14.5 Å². The van der Waals surface area contributed by atoms with E-state index in [0.29, 0.717) is 63.5 Å². The molecule has 2 aliphatic rings. The number of likely N-dealkylation sites (tertiary alicyclic amines) is 1. The second-order valence-electron chi connectivity index (χ2n) is 9.91. The SMILES string of the molecule is CCN(CC)C(=O)Cc1ccc(N2CCN(C(C(=O)N3CCC(F)(P)C3)c3ccccc3)CC2)c(F)c1. The van der Waals surface area contributed by atoms with E-state index in [9.17, 15) is 14.0 Å². The number of carbonyl (C=O) groups is 2. The number of nitrogens with zero attached hydrogens (tertiary/aromatic N) is 4. The monoisotopic (exact) mass is 530 g/mol. The number of benzene rings is 2. The average molecular weight is 531 g/mol. The molecule has 0 N–H and O–H groups in total. The van der Waals surface area contributed by atoms with E-state index in [0.717, 1.165) is 5.56 Å². The van der Waals surface area contributed by atoms with Crippen LogP contribution >= 0.6 is 9.24 Å². The van der Waals surface area contributed by atoms with Crippen LogP contribution in [0.4, 0.5) is 14.5 Å². The molecular weight excluding hydrogens is 493 g/mol. The van der Waals surface area contributed by atoms with E-state index >= 15 is 4.39 Å². The zero-order valence-electron chi connectivity index (χ0n) is 21.7. The first kappa shape index (κ1) is 27.5. The van der Waals surface area contributed by atoms with Crippen molar-refractivity contribution in [1.82, 2.24) is 14.7 Å². The van der Waals surface area contributed by atoms with Crippen LogP contribution in [-0.4, -0.2) is 84.3 Å². The van der Waals surface area contributed by atoms with E-state index in [1.165, 1.54) is 6.07 Å². The molecule has 0 aliphatic carbocycles. The second kappa shape index (κ2) is 11.9. The lowest BCUT2D eigenvalue weighted by atomic mass is 10.0. The second-order valence-corrected chi connectivity index (χ2v) is 10.9. The van der Waals surface area contributed by atoms with Crippen molar-refractivity contribution in [3.05, 3.63) is 65.5 Å². The third kappa shape index (κ3) is 6.47. The van der Waals surface area contributed by atoms with Crippen molar-refractivity contribution in [2.24, 2.45) is 0 Å². The number of amides is 2. The van der Waals surface area contributed by atoms with Gasteiger partial charge in [-0.25, -0.2) is 8.78 Å². The van der Waals surface area contributed by atoms with E-state index in [4.69, 9.17) is 0 Å². The van der Waals surface area contributed by atoms with Crippen LogP contribution < -0.4 is 4.90 Å². The van der Waals surface area contributed by atoms with Gasteiger partial charge >= 0.3 is 0 Å². The fourth-order valence-corrected chi connectivity index (χ4v) is 5.65. The van der Waals surface area contributed by atoms with Gasteiger partial charge in [-0.05, 0) is 37.1 Å². The van der Waals surface area contributed by atoms with Gasteiger partial charge in [-0.1, -0.05) is 45.6 Å². The minimum Gasteiger partial charge on any atom is -0.367 e. The molecule has 3 atom stereocenters. The highest BCUT2D eigenvalue weighted by molar-refractivity contribution is 7.18. The Bertz CT molecular complexity index is 1090. The number of carbonyl (C=O) groups excluding carboxylic acids is 2. The maximum atomic E-state index is 15.1. The van der Waals surface area contributed by atoms with Crippen molar-refractivity contribution in [3.8, 4) is 0 Å². The summed E-state index contributed by atoms with van der Waals surface area (Å²) in [7, 11) is 2.23. The molecule has 37 heavy (non-hydrogen) atoms. The molecule has 2 aliphatic heterocycles. The number of piperazine rings is 1. The highest BCUT2D eigenvalue weighted by Crippen LogP contribution is 2.35. The summed E-state index contributed by atoms with van der Waals surface area (Å²) in [5.74, 6) is -0.437. The number of likely N-dealkylation sites (N-methyl/N-ethyl adjacent to an activating group) is 1. The van der Waals surface area contributed by atoms with Crippen LogP contribution in [0.2, 0.25) is 0 Å². The van der Waals surface area contributed by atoms with Gasteiger partial charge in [0.15, 0.2) is 0 Å². The zero-order chi connectivity index (χ0) is 26.6. The Morgan fingerprint density at radius 2 is 1.70 bits per heavy atom. The van der Waals surface area contributed by atoms with Gasteiger partial charge < -0.3 is 14.7 Å². The summed E-state index contributed by atoms with van der Waals surface area (Å²) in [6.45, 7) is 7.87. The van der Waals surface area contributed by atoms with Crippen molar-refractivity contribution in [1.29, 1.82) is 0 Å². The molecule has 4 rings (SSSR count). The number of anilines is 1. The number of hydrogen-bond acceptors (Lipinski definition) is 4. The summed E-state index contributed by atoms with van der Waals surface area (Å²) >= 11 is 0. The Morgan fingerprint density at radius 1 is 1.03 bits per heavy atom. The molecule has 0 radical (unpaired) electrons. The largest absolute Gasteiger partial charge is 0.367 e.